The van der Waals surface area contributed by atoms with Crippen molar-refractivity contribution < 1.29 is 4.79 Å². The number of nitrogens with two attached hydrogens (primary N) is 1. The molecule has 1 fully saturated rings. The molecule has 4 N–H and O–H groups in total. The Morgan fingerprint density at radius 1 is 1.19 bits per heavy atom. The number of nitrogens with zero attached hydrogens (tertiary/aromatic N) is 2. The van der Waals surface area contributed by atoms with Gasteiger partial charge in [0.25, 0.3) is 0 Å². The number of hydrogen-bond acceptors (Lipinski definition) is 5. The molecule has 1 aliphatic heterocycles. The predicted octanol–water partition coefficient (Wildman–Crippen LogP) is 3.20. The number of anilines is 3. The summed E-state index contributed by atoms with van der Waals surface area (Å²) in [5.41, 5.74) is 11.5. The maximum absolute atomic E-state index is 12.0. The van der Waals surface area contributed by atoms with Crippen LogP contribution in [0.25, 0.3) is 21.9 Å². The normalized spacial score (nSPS) is 15.5. The number of pyridine rings is 2. The lowest BCUT2D eigenvalue weighted by atomic mass is 9.97. The molecule has 0 bridgehead atoms. The van der Waals surface area contributed by atoms with Gasteiger partial charge in [0.2, 0.25) is 5.91 Å². The fourth-order valence-electron chi connectivity index (χ4n) is 3.56. The van der Waals surface area contributed by atoms with Crippen molar-refractivity contribution in [1.82, 2.24) is 9.97 Å². The van der Waals surface area contributed by atoms with E-state index in [0.29, 0.717) is 11.5 Å². The quantitative estimate of drug-likeness (QED) is 0.634. The summed E-state index contributed by atoms with van der Waals surface area (Å²) in [5, 5.41) is 8.11. The summed E-state index contributed by atoms with van der Waals surface area (Å²) >= 11 is 0. The highest BCUT2D eigenvalue weighted by molar-refractivity contribution is 6.00. The number of benzene rings is 1. The van der Waals surface area contributed by atoms with Crippen LogP contribution in [0, 0.1) is 5.92 Å². The van der Waals surface area contributed by atoms with Gasteiger partial charge in [-0.05, 0) is 54.0 Å². The number of carbonyl (C=O) groups is 1. The smallest absolute Gasteiger partial charge is 0.228 e. The fourth-order valence-corrected chi connectivity index (χ4v) is 3.56. The zero-order valence-corrected chi connectivity index (χ0v) is 14.2. The third-order valence-corrected chi connectivity index (χ3v) is 5.13. The van der Waals surface area contributed by atoms with E-state index in [9.17, 15) is 4.79 Å². The maximum atomic E-state index is 12.0. The van der Waals surface area contributed by atoms with Crippen LogP contribution >= 0.6 is 0 Å². The Bertz CT molecular complexity index is 1040. The van der Waals surface area contributed by atoms with Crippen LogP contribution in [0.4, 0.5) is 17.2 Å². The Balaban J connectivity index is 1.58. The van der Waals surface area contributed by atoms with Crippen LogP contribution in [0.3, 0.4) is 0 Å². The number of carbonyl (C=O) groups excluding carboxylic acids is 1. The van der Waals surface area contributed by atoms with Gasteiger partial charge in [-0.15, -0.1) is 0 Å². The van der Waals surface area contributed by atoms with Crippen molar-refractivity contribution in [3.63, 3.8) is 0 Å². The SMILES string of the molecule is Nc1cc(-c2cncc3c2CCN3)cc2cc(NC(=O)C3CC3)ncc12. The Labute approximate surface area is 150 Å². The molecule has 0 unspecified atom stereocenters. The molecule has 0 atom stereocenters. The molecule has 26 heavy (non-hydrogen) atoms. The van der Waals surface area contributed by atoms with Crippen molar-refractivity contribution in [2.45, 2.75) is 19.3 Å². The first kappa shape index (κ1) is 15.1. The van der Waals surface area contributed by atoms with Crippen molar-refractivity contribution in [1.29, 1.82) is 0 Å². The van der Waals surface area contributed by atoms with E-state index < -0.39 is 0 Å². The maximum Gasteiger partial charge on any atom is 0.228 e. The van der Waals surface area contributed by atoms with Gasteiger partial charge in [0.1, 0.15) is 5.82 Å². The molecule has 1 aliphatic carbocycles. The second kappa shape index (κ2) is 5.69. The molecule has 3 heterocycles. The van der Waals surface area contributed by atoms with Crippen LogP contribution in [0.15, 0.2) is 36.8 Å². The Morgan fingerprint density at radius 2 is 2.08 bits per heavy atom. The van der Waals surface area contributed by atoms with E-state index >= 15 is 0 Å². The molecule has 3 aromatic rings. The topological polar surface area (TPSA) is 92.9 Å². The van der Waals surface area contributed by atoms with Crippen molar-refractivity contribution in [2.75, 3.05) is 22.9 Å². The molecule has 2 aromatic heterocycles. The molecule has 0 radical (unpaired) electrons. The number of hydrogen-bond donors (Lipinski definition) is 3. The largest absolute Gasteiger partial charge is 0.398 e. The molecule has 6 heteroatoms. The van der Waals surface area contributed by atoms with E-state index in [1.165, 1.54) is 5.56 Å². The van der Waals surface area contributed by atoms with E-state index in [4.69, 9.17) is 5.73 Å². The Hall–Kier alpha value is -3.15. The van der Waals surface area contributed by atoms with Gasteiger partial charge in [-0.25, -0.2) is 4.98 Å². The van der Waals surface area contributed by atoms with E-state index in [-0.39, 0.29) is 11.8 Å². The lowest BCUT2D eigenvalue weighted by molar-refractivity contribution is -0.117. The highest BCUT2D eigenvalue weighted by atomic mass is 16.2. The average molecular weight is 345 g/mol. The molecule has 130 valence electrons. The molecule has 2 aliphatic rings. The summed E-state index contributed by atoms with van der Waals surface area (Å²) in [6.07, 6.45) is 8.40. The number of rotatable bonds is 3. The summed E-state index contributed by atoms with van der Waals surface area (Å²) in [7, 11) is 0. The van der Waals surface area contributed by atoms with Crippen LogP contribution in [0.2, 0.25) is 0 Å². The molecule has 5 rings (SSSR count). The summed E-state index contributed by atoms with van der Waals surface area (Å²) < 4.78 is 0. The lowest BCUT2D eigenvalue weighted by Gasteiger charge is -2.11. The van der Waals surface area contributed by atoms with Crippen molar-refractivity contribution in [2.24, 2.45) is 5.92 Å². The molecule has 1 amide bonds. The Kier molecular flexibility index (Phi) is 3.31. The molecule has 6 nitrogen and oxygen atoms in total. The lowest BCUT2D eigenvalue weighted by Crippen LogP contribution is -2.14. The minimum absolute atomic E-state index is 0.0529. The molecule has 1 aromatic carbocycles. The number of amides is 1. The van der Waals surface area contributed by atoms with Crippen LogP contribution in [0.1, 0.15) is 18.4 Å². The second-order valence-electron chi connectivity index (χ2n) is 7.01. The zero-order chi connectivity index (χ0) is 17.7. The summed E-state index contributed by atoms with van der Waals surface area (Å²) in [4.78, 5) is 20.7. The van der Waals surface area contributed by atoms with E-state index in [2.05, 4.69) is 26.7 Å². The molecular weight excluding hydrogens is 326 g/mol. The third-order valence-electron chi connectivity index (χ3n) is 5.13. The number of nitrogen functional groups attached to an aromatic ring is 1. The van der Waals surface area contributed by atoms with Crippen molar-refractivity contribution >= 4 is 33.9 Å². The second-order valence-corrected chi connectivity index (χ2v) is 7.01. The van der Waals surface area contributed by atoms with Gasteiger partial charge in [0.15, 0.2) is 0 Å². The van der Waals surface area contributed by atoms with Gasteiger partial charge in [0, 0.05) is 41.5 Å². The highest BCUT2D eigenvalue weighted by Crippen LogP contribution is 2.36. The first-order chi connectivity index (χ1) is 12.7. The van der Waals surface area contributed by atoms with Gasteiger partial charge < -0.3 is 16.4 Å². The minimum Gasteiger partial charge on any atom is -0.398 e. The Morgan fingerprint density at radius 3 is 2.92 bits per heavy atom. The standard InChI is InChI=1S/C20H19N5O/c21-17-6-12(15-8-22-10-18-14(15)3-4-23-18)5-13-7-19(24-9-16(13)17)25-20(26)11-1-2-11/h5-11,23H,1-4,21H2,(H,24,25,26). The molecule has 0 saturated heterocycles. The third kappa shape index (κ3) is 2.54. The van der Waals surface area contributed by atoms with Crippen LogP contribution < -0.4 is 16.4 Å². The van der Waals surface area contributed by atoms with E-state index in [1.807, 2.05) is 24.5 Å². The number of aromatic nitrogens is 2. The van der Waals surface area contributed by atoms with E-state index in [1.54, 1.807) is 6.20 Å². The van der Waals surface area contributed by atoms with Gasteiger partial charge in [-0.2, -0.15) is 0 Å². The van der Waals surface area contributed by atoms with Gasteiger partial charge in [-0.3, -0.25) is 9.78 Å². The number of fused-ring (bicyclic) bond motifs is 2. The first-order valence-electron chi connectivity index (χ1n) is 8.90. The summed E-state index contributed by atoms with van der Waals surface area (Å²) in [6, 6.07) is 5.96. The van der Waals surface area contributed by atoms with Crippen molar-refractivity contribution in [3.8, 4) is 11.1 Å². The molecular formula is C20H19N5O. The fraction of sp³-hybridized carbons (Fsp3) is 0.250. The van der Waals surface area contributed by atoms with Crippen molar-refractivity contribution in [3.05, 3.63) is 42.4 Å². The average Bonchev–Trinajstić information content (AvgIpc) is 3.38. The molecule has 0 spiro atoms. The van der Waals surface area contributed by atoms with Gasteiger partial charge >= 0.3 is 0 Å². The summed E-state index contributed by atoms with van der Waals surface area (Å²) in [5.74, 6) is 0.774. The summed E-state index contributed by atoms with van der Waals surface area (Å²) in [6.45, 7) is 0.929. The zero-order valence-electron chi connectivity index (χ0n) is 14.2. The first-order valence-corrected chi connectivity index (χ1v) is 8.90. The monoisotopic (exact) mass is 345 g/mol. The van der Waals surface area contributed by atoms with Crippen LogP contribution in [-0.2, 0) is 11.2 Å². The molecule has 1 saturated carbocycles. The number of nitrogens with one attached hydrogen (secondary N) is 2. The predicted molar refractivity (Wildman–Crippen MR) is 103 cm³/mol. The van der Waals surface area contributed by atoms with Gasteiger partial charge in [0.05, 0.1) is 11.9 Å². The minimum atomic E-state index is 0.0529. The van der Waals surface area contributed by atoms with E-state index in [0.717, 1.165) is 53.4 Å². The van der Waals surface area contributed by atoms with Crippen LogP contribution in [-0.4, -0.2) is 22.4 Å². The van der Waals surface area contributed by atoms with Crippen LogP contribution in [0.5, 0.6) is 0 Å². The highest BCUT2D eigenvalue weighted by Gasteiger charge is 2.29. The van der Waals surface area contributed by atoms with Gasteiger partial charge in [-0.1, -0.05) is 0 Å².